The van der Waals surface area contributed by atoms with Crippen molar-refractivity contribution >= 4 is 5.82 Å². The fourth-order valence-corrected chi connectivity index (χ4v) is 3.22. The van der Waals surface area contributed by atoms with E-state index in [0.29, 0.717) is 17.6 Å². The number of likely N-dealkylation sites (N-methyl/N-ethyl adjacent to an activating group) is 1. The number of likely N-dealkylation sites (tertiary alicyclic amines) is 1. The van der Waals surface area contributed by atoms with Gasteiger partial charge in [-0.1, -0.05) is 0 Å². The number of aromatic hydroxyl groups is 1. The average Bonchev–Trinajstić information content (AvgIpc) is 2.55. The molecule has 140 valence electrons. The topological polar surface area (TPSA) is 61.3 Å². The van der Waals surface area contributed by atoms with Gasteiger partial charge >= 0.3 is 6.18 Å². The van der Waals surface area contributed by atoms with E-state index in [-0.39, 0.29) is 11.6 Å². The van der Waals surface area contributed by atoms with E-state index in [1.165, 1.54) is 6.07 Å². The number of alkyl halides is 3. The predicted octanol–water partition coefficient (Wildman–Crippen LogP) is 3.68. The first-order chi connectivity index (χ1) is 12.2. The van der Waals surface area contributed by atoms with Crippen LogP contribution in [0.2, 0.25) is 0 Å². The van der Waals surface area contributed by atoms with E-state index in [4.69, 9.17) is 0 Å². The van der Waals surface area contributed by atoms with Gasteiger partial charge in [0.25, 0.3) is 0 Å². The van der Waals surface area contributed by atoms with Crippen molar-refractivity contribution in [1.82, 2.24) is 15.1 Å². The predicted molar refractivity (Wildman–Crippen MR) is 93.0 cm³/mol. The van der Waals surface area contributed by atoms with Crippen molar-refractivity contribution in [3.63, 3.8) is 0 Å². The van der Waals surface area contributed by atoms with Gasteiger partial charge in [-0.05, 0) is 63.2 Å². The van der Waals surface area contributed by atoms with Crippen LogP contribution >= 0.6 is 0 Å². The molecule has 1 aromatic heterocycles. The molecule has 1 atom stereocenters. The van der Waals surface area contributed by atoms with Crippen molar-refractivity contribution in [3.8, 4) is 17.0 Å². The number of phenols is 1. The number of hydrogen-bond acceptors (Lipinski definition) is 5. The molecule has 1 saturated heterocycles. The van der Waals surface area contributed by atoms with Crippen LogP contribution in [0, 0.1) is 6.92 Å². The summed E-state index contributed by atoms with van der Waals surface area (Å²) in [4.78, 5) is 2.25. The number of phenolic OH excluding ortho intramolecular Hbond substituents is 1. The molecule has 1 fully saturated rings. The lowest BCUT2D eigenvalue weighted by atomic mass is 10.0. The highest BCUT2D eigenvalue weighted by molar-refractivity contribution is 5.70. The van der Waals surface area contributed by atoms with Gasteiger partial charge in [0.2, 0.25) is 0 Å². The number of aryl methyl sites for hydroxylation is 1. The normalized spacial score (nSPS) is 18.7. The third-order valence-electron chi connectivity index (χ3n) is 4.54. The van der Waals surface area contributed by atoms with Crippen molar-refractivity contribution in [3.05, 3.63) is 35.4 Å². The Kier molecular flexibility index (Phi) is 5.04. The SMILES string of the molecule is Cc1cc(N[C@@H]2CCCN(C)C2)nnc1-c1ccc(C(F)(F)F)cc1O. The largest absolute Gasteiger partial charge is 0.507 e. The molecule has 1 aromatic carbocycles. The quantitative estimate of drug-likeness (QED) is 0.868. The number of halogens is 3. The lowest BCUT2D eigenvalue weighted by Gasteiger charge is -2.30. The Morgan fingerprint density at radius 3 is 2.62 bits per heavy atom. The molecule has 0 aliphatic carbocycles. The molecule has 2 heterocycles. The van der Waals surface area contributed by atoms with Crippen molar-refractivity contribution < 1.29 is 18.3 Å². The van der Waals surface area contributed by atoms with Gasteiger partial charge in [0, 0.05) is 18.2 Å². The molecule has 5 nitrogen and oxygen atoms in total. The van der Waals surface area contributed by atoms with Gasteiger partial charge in [-0.3, -0.25) is 0 Å². The lowest BCUT2D eigenvalue weighted by molar-refractivity contribution is -0.137. The number of nitrogens with one attached hydrogen (secondary N) is 1. The highest BCUT2D eigenvalue weighted by Crippen LogP contribution is 2.36. The van der Waals surface area contributed by atoms with Gasteiger partial charge in [-0.2, -0.15) is 13.2 Å². The van der Waals surface area contributed by atoms with E-state index in [2.05, 4.69) is 27.5 Å². The molecule has 1 aliphatic heterocycles. The van der Waals surface area contributed by atoms with E-state index in [1.54, 1.807) is 13.0 Å². The standard InChI is InChI=1S/C18H21F3N4O/c1-11-8-16(22-13-4-3-7-25(2)10-13)23-24-17(11)14-6-5-12(9-15(14)26)18(19,20)21/h5-6,8-9,13,26H,3-4,7,10H2,1-2H3,(H,22,23)/t13-/m1/s1. The van der Waals surface area contributed by atoms with Crippen molar-refractivity contribution in [2.75, 3.05) is 25.5 Å². The fraction of sp³-hybridized carbons (Fsp3) is 0.444. The number of anilines is 1. The summed E-state index contributed by atoms with van der Waals surface area (Å²) in [6, 6.07) is 4.94. The second-order valence-electron chi connectivity index (χ2n) is 6.74. The molecule has 0 unspecified atom stereocenters. The summed E-state index contributed by atoms with van der Waals surface area (Å²) in [5, 5.41) is 21.6. The van der Waals surface area contributed by atoms with E-state index >= 15 is 0 Å². The van der Waals surface area contributed by atoms with Crippen LogP contribution < -0.4 is 5.32 Å². The summed E-state index contributed by atoms with van der Waals surface area (Å²) in [6.07, 6.45) is -2.34. The molecule has 26 heavy (non-hydrogen) atoms. The number of benzene rings is 1. The summed E-state index contributed by atoms with van der Waals surface area (Å²) >= 11 is 0. The minimum atomic E-state index is -4.50. The summed E-state index contributed by atoms with van der Waals surface area (Å²) in [5.41, 5.74) is 0.417. The number of rotatable bonds is 3. The first-order valence-electron chi connectivity index (χ1n) is 8.44. The van der Waals surface area contributed by atoms with Crippen molar-refractivity contribution in [2.45, 2.75) is 32.0 Å². The Bertz CT molecular complexity index is 794. The van der Waals surface area contributed by atoms with Crippen LogP contribution in [0.25, 0.3) is 11.3 Å². The molecule has 3 rings (SSSR count). The summed E-state index contributed by atoms with van der Waals surface area (Å²) in [6.45, 7) is 3.79. The number of hydrogen-bond donors (Lipinski definition) is 2. The molecular formula is C18H21F3N4O. The van der Waals surface area contributed by atoms with Crippen molar-refractivity contribution in [1.29, 1.82) is 0 Å². The second-order valence-corrected chi connectivity index (χ2v) is 6.74. The van der Waals surface area contributed by atoms with Gasteiger partial charge < -0.3 is 15.3 Å². The van der Waals surface area contributed by atoms with Gasteiger partial charge in [0.15, 0.2) is 0 Å². The van der Waals surface area contributed by atoms with Gasteiger partial charge in [-0.15, -0.1) is 10.2 Å². The first-order valence-corrected chi connectivity index (χ1v) is 8.44. The van der Waals surface area contributed by atoms with Crippen LogP contribution in [0.15, 0.2) is 24.3 Å². The Morgan fingerprint density at radius 2 is 2.00 bits per heavy atom. The zero-order valence-electron chi connectivity index (χ0n) is 14.6. The fourth-order valence-electron chi connectivity index (χ4n) is 3.22. The maximum Gasteiger partial charge on any atom is 0.416 e. The van der Waals surface area contributed by atoms with Crippen LogP contribution in [0.4, 0.5) is 19.0 Å². The third-order valence-corrected chi connectivity index (χ3v) is 4.54. The van der Waals surface area contributed by atoms with E-state index < -0.39 is 17.5 Å². The van der Waals surface area contributed by atoms with Crippen LogP contribution in [0.3, 0.4) is 0 Å². The minimum Gasteiger partial charge on any atom is -0.507 e. The van der Waals surface area contributed by atoms with Gasteiger partial charge in [0.05, 0.1) is 11.3 Å². The second kappa shape index (κ2) is 7.11. The lowest BCUT2D eigenvalue weighted by Crippen LogP contribution is -2.39. The molecule has 0 saturated carbocycles. The Hall–Kier alpha value is -2.35. The van der Waals surface area contributed by atoms with Crippen LogP contribution in [0.1, 0.15) is 24.0 Å². The summed E-state index contributed by atoms with van der Waals surface area (Å²) in [5.74, 6) is 0.157. The zero-order chi connectivity index (χ0) is 18.9. The van der Waals surface area contributed by atoms with E-state index in [0.717, 1.165) is 37.6 Å². The minimum absolute atomic E-state index is 0.229. The van der Waals surface area contributed by atoms with Crippen molar-refractivity contribution in [2.24, 2.45) is 0 Å². The molecule has 8 heteroatoms. The smallest absolute Gasteiger partial charge is 0.416 e. The molecule has 0 bridgehead atoms. The average molecular weight is 366 g/mol. The summed E-state index contributed by atoms with van der Waals surface area (Å²) < 4.78 is 38.2. The van der Waals surface area contributed by atoms with Gasteiger partial charge in [-0.25, -0.2) is 0 Å². The first kappa shape index (κ1) is 18.4. The molecule has 1 aliphatic rings. The third kappa shape index (κ3) is 4.07. The Morgan fingerprint density at radius 1 is 1.23 bits per heavy atom. The van der Waals surface area contributed by atoms with Crippen LogP contribution in [-0.4, -0.2) is 46.4 Å². The van der Waals surface area contributed by atoms with E-state index in [1.807, 2.05) is 0 Å². The molecule has 0 spiro atoms. The number of piperidine rings is 1. The Balaban J connectivity index is 1.81. The van der Waals surface area contributed by atoms with E-state index in [9.17, 15) is 18.3 Å². The number of nitrogens with zero attached hydrogens (tertiary/aromatic N) is 3. The maximum atomic E-state index is 12.7. The highest BCUT2D eigenvalue weighted by atomic mass is 19.4. The molecule has 2 aromatic rings. The maximum absolute atomic E-state index is 12.7. The monoisotopic (exact) mass is 366 g/mol. The number of aromatic nitrogens is 2. The zero-order valence-corrected chi connectivity index (χ0v) is 14.6. The highest BCUT2D eigenvalue weighted by Gasteiger charge is 2.31. The summed E-state index contributed by atoms with van der Waals surface area (Å²) in [7, 11) is 2.07. The molecule has 2 N–H and O–H groups in total. The molecule has 0 amide bonds. The molecule has 0 radical (unpaired) electrons. The van der Waals surface area contributed by atoms with Crippen LogP contribution in [-0.2, 0) is 6.18 Å². The van der Waals surface area contributed by atoms with Crippen LogP contribution in [0.5, 0.6) is 5.75 Å². The van der Waals surface area contributed by atoms with Gasteiger partial charge in [0.1, 0.15) is 11.6 Å². The molecular weight excluding hydrogens is 345 g/mol. The Labute approximate surface area is 149 Å².